The van der Waals surface area contributed by atoms with E-state index in [1.54, 1.807) is 32.4 Å². The maximum Gasteiger partial charge on any atom is 0.255 e. The summed E-state index contributed by atoms with van der Waals surface area (Å²) < 4.78 is 15.2. The van der Waals surface area contributed by atoms with E-state index in [2.05, 4.69) is 10.6 Å². The van der Waals surface area contributed by atoms with Gasteiger partial charge in [-0.2, -0.15) is 0 Å². The van der Waals surface area contributed by atoms with Gasteiger partial charge in [0.15, 0.2) is 0 Å². The zero-order valence-electron chi connectivity index (χ0n) is 12.6. The van der Waals surface area contributed by atoms with Crippen LogP contribution in [0.3, 0.4) is 0 Å². The largest absolute Gasteiger partial charge is 0.497 e. The fourth-order valence-electron chi connectivity index (χ4n) is 1.64. The third-order valence-electron chi connectivity index (χ3n) is 2.72. The number of nitrogens with one attached hydrogen (secondary N) is 2. The van der Waals surface area contributed by atoms with Crippen molar-refractivity contribution in [1.29, 1.82) is 0 Å². The minimum absolute atomic E-state index is 0. The first-order valence-corrected chi connectivity index (χ1v) is 6.42. The van der Waals surface area contributed by atoms with E-state index in [9.17, 15) is 4.79 Å². The highest BCUT2D eigenvalue weighted by molar-refractivity contribution is 5.97. The van der Waals surface area contributed by atoms with Gasteiger partial charge in [-0.15, -0.1) is 12.4 Å². The van der Waals surface area contributed by atoms with Crippen molar-refractivity contribution in [2.45, 2.75) is 0 Å². The van der Waals surface area contributed by atoms with E-state index in [4.69, 9.17) is 14.2 Å². The van der Waals surface area contributed by atoms with Gasteiger partial charge in [0.25, 0.3) is 5.91 Å². The van der Waals surface area contributed by atoms with Crippen LogP contribution in [0.5, 0.6) is 11.5 Å². The molecule has 120 valence electrons. The predicted octanol–water partition coefficient (Wildman–Crippen LogP) is 1.09. The molecule has 1 amide bonds. The Morgan fingerprint density at radius 2 is 1.86 bits per heavy atom. The molecule has 1 aromatic carbocycles. The van der Waals surface area contributed by atoms with Gasteiger partial charge in [0.05, 0.1) is 26.4 Å². The van der Waals surface area contributed by atoms with Crippen molar-refractivity contribution in [2.75, 3.05) is 47.6 Å². The minimum atomic E-state index is -0.168. The molecule has 7 heteroatoms. The quantitative estimate of drug-likeness (QED) is 0.667. The van der Waals surface area contributed by atoms with Gasteiger partial charge < -0.3 is 24.8 Å². The van der Waals surface area contributed by atoms with E-state index in [0.29, 0.717) is 36.8 Å². The second kappa shape index (κ2) is 11.2. The minimum Gasteiger partial charge on any atom is -0.497 e. The second-order valence-electron chi connectivity index (χ2n) is 4.06. The maximum atomic E-state index is 12.0. The second-order valence-corrected chi connectivity index (χ2v) is 4.06. The smallest absolute Gasteiger partial charge is 0.255 e. The van der Waals surface area contributed by atoms with Crippen LogP contribution in [0.2, 0.25) is 0 Å². The molecule has 2 N–H and O–H groups in total. The van der Waals surface area contributed by atoms with Crippen molar-refractivity contribution in [2.24, 2.45) is 0 Å². The normalized spacial score (nSPS) is 9.67. The van der Waals surface area contributed by atoms with Crippen LogP contribution in [0.1, 0.15) is 10.4 Å². The highest BCUT2D eigenvalue weighted by Gasteiger charge is 2.12. The lowest BCUT2D eigenvalue weighted by atomic mass is 10.1. The maximum absolute atomic E-state index is 12.0. The zero-order chi connectivity index (χ0) is 14.8. The van der Waals surface area contributed by atoms with Crippen molar-refractivity contribution >= 4 is 18.3 Å². The molecule has 6 nitrogen and oxygen atoms in total. The van der Waals surface area contributed by atoms with Crippen molar-refractivity contribution in [3.63, 3.8) is 0 Å². The first-order valence-electron chi connectivity index (χ1n) is 6.42. The number of ether oxygens (including phenoxy) is 3. The third kappa shape index (κ3) is 6.66. The fraction of sp³-hybridized carbons (Fsp3) is 0.500. The van der Waals surface area contributed by atoms with Gasteiger partial charge in [0.1, 0.15) is 11.5 Å². The molecule has 0 atom stereocenters. The Hall–Kier alpha value is -1.50. The number of benzene rings is 1. The first-order chi connectivity index (χ1) is 9.72. The average molecular weight is 319 g/mol. The van der Waals surface area contributed by atoms with Gasteiger partial charge in [-0.05, 0) is 12.1 Å². The molecule has 1 aromatic rings. The molecule has 0 spiro atoms. The summed E-state index contributed by atoms with van der Waals surface area (Å²) in [6.45, 7) is 2.64. The molecule has 0 aromatic heterocycles. The summed E-state index contributed by atoms with van der Waals surface area (Å²) in [6, 6.07) is 5.10. The molecule has 0 unspecified atom stereocenters. The van der Waals surface area contributed by atoms with Crippen LogP contribution >= 0.6 is 12.4 Å². The van der Waals surface area contributed by atoms with Crippen LogP contribution in [0.15, 0.2) is 18.2 Å². The van der Waals surface area contributed by atoms with E-state index < -0.39 is 0 Å². The summed E-state index contributed by atoms with van der Waals surface area (Å²) >= 11 is 0. The Morgan fingerprint density at radius 3 is 2.48 bits per heavy atom. The van der Waals surface area contributed by atoms with Crippen LogP contribution in [0.4, 0.5) is 0 Å². The van der Waals surface area contributed by atoms with Gasteiger partial charge in [0, 0.05) is 32.8 Å². The van der Waals surface area contributed by atoms with Gasteiger partial charge in [0.2, 0.25) is 0 Å². The van der Waals surface area contributed by atoms with Crippen molar-refractivity contribution < 1.29 is 19.0 Å². The highest BCUT2D eigenvalue weighted by atomic mass is 35.5. The van der Waals surface area contributed by atoms with E-state index in [1.807, 2.05) is 0 Å². The third-order valence-corrected chi connectivity index (χ3v) is 2.72. The predicted molar refractivity (Wildman–Crippen MR) is 83.9 cm³/mol. The summed E-state index contributed by atoms with van der Waals surface area (Å²) in [5.41, 5.74) is 0.491. The van der Waals surface area contributed by atoms with Crippen molar-refractivity contribution in [1.82, 2.24) is 10.6 Å². The molecule has 0 aliphatic carbocycles. The number of methoxy groups -OCH3 is 3. The van der Waals surface area contributed by atoms with Crippen molar-refractivity contribution in [3.8, 4) is 11.5 Å². The van der Waals surface area contributed by atoms with Crippen LogP contribution in [-0.2, 0) is 4.74 Å². The highest BCUT2D eigenvalue weighted by Crippen LogP contribution is 2.24. The molecule has 0 heterocycles. The van der Waals surface area contributed by atoms with Gasteiger partial charge in [-0.1, -0.05) is 0 Å². The Balaban J connectivity index is 0.00000400. The topological polar surface area (TPSA) is 68.8 Å². The molecule has 0 aliphatic rings. The number of amides is 1. The van der Waals surface area contributed by atoms with Gasteiger partial charge >= 0.3 is 0 Å². The van der Waals surface area contributed by atoms with Crippen LogP contribution < -0.4 is 20.1 Å². The molecule has 0 aliphatic heterocycles. The summed E-state index contributed by atoms with van der Waals surface area (Å²) in [4.78, 5) is 12.0. The zero-order valence-corrected chi connectivity index (χ0v) is 13.4. The molecular weight excluding hydrogens is 296 g/mol. The molecule has 0 saturated carbocycles. The molecule has 0 saturated heterocycles. The van der Waals surface area contributed by atoms with Gasteiger partial charge in [-0.25, -0.2) is 0 Å². The number of hydrogen-bond acceptors (Lipinski definition) is 5. The van der Waals surface area contributed by atoms with E-state index >= 15 is 0 Å². The van der Waals surface area contributed by atoms with E-state index in [0.717, 1.165) is 6.54 Å². The molecule has 0 fully saturated rings. The number of carbonyl (C=O) groups is 1. The van der Waals surface area contributed by atoms with E-state index in [-0.39, 0.29) is 18.3 Å². The number of halogens is 1. The standard InChI is InChI=1S/C14H22N2O4.ClH/c1-18-9-8-15-6-7-16-14(17)12-5-4-11(19-2)10-13(12)20-3;/h4-5,10,15H,6-9H2,1-3H3,(H,16,17);1H. The van der Waals surface area contributed by atoms with Crippen molar-refractivity contribution in [3.05, 3.63) is 23.8 Å². The Morgan fingerprint density at radius 1 is 1.10 bits per heavy atom. The molecule has 1 rings (SSSR count). The lowest BCUT2D eigenvalue weighted by Gasteiger charge is -2.11. The Kier molecular flexibility index (Phi) is 10.4. The lowest BCUT2D eigenvalue weighted by molar-refractivity contribution is 0.0950. The summed E-state index contributed by atoms with van der Waals surface area (Å²) in [5.74, 6) is 0.979. The van der Waals surface area contributed by atoms with Gasteiger partial charge in [-0.3, -0.25) is 4.79 Å². The van der Waals surface area contributed by atoms with Crippen LogP contribution in [-0.4, -0.2) is 53.5 Å². The van der Waals surface area contributed by atoms with Crippen LogP contribution in [0.25, 0.3) is 0 Å². The summed E-state index contributed by atoms with van der Waals surface area (Å²) in [5, 5.41) is 5.97. The number of rotatable bonds is 9. The molecule has 21 heavy (non-hydrogen) atoms. The number of carbonyl (C=O) groups excluding carboxylic acids is 1. The molecule has 0 bridgehead atoms. The molecular formula is C14H23ClN2O4. The Bertz CT molecular complexity index is 429. The van der Waals surface area contributed by atoms with Crippen LogP contribution in [0, 0.1) is 0 Å². The molecule has 0 radical (unpaired) electrons. The Labute approximate surface area is 131 Å². The average Bonchev–Trinajstić information content (AvgIpc) is 2.49. The summed E-state index contributed by atoms with van der Waals surface area (Å²) in [6.07, 6.45) is 0. The summed E-state index contributed by atoms with van der Waals surface area (Å²) in [7, 11) is 4.75. The first kappa shape index (κ1) is 19.5. The number of hydrogen-bond donors (Lipinski definition) is 2. The van der Waals surface area contributed by atoms with E-state index in [1.165, 1.54) is 7.11 Å². The lowest BCUT2D eigenvalue weighted by Crippen LogP contribution is -2.33. The SMILES string of the molecule is COCCNCCNC(=O)c1ccc(OC)cc1OC.Cl. The fourth-order valence-corrected chi connectivity index (χ4v) is 1.64. The monoisotopic (exact) mass is 318 g/mol.